The van der Waals surface area contributed by atoms with E-state index in [0.29, 0.717) is 11.1 Å². The predicted octanol–water partition coefficient (Wildman–Crippen LogP) is 3.66. The zero-order valence-corrected chi connectivity index (χ0v) is 22.2. The maximum absolute atomic E-state index is 13.7. The molecule has 198 valence electrons. The van der Waals surface area contributed by atoms with E-state index in [-0.39, 0.29) is 12.1 Å². The average molecular weight is 515 g/mol. The highest BCUT2D eigenvalue weighted by Crippen LogP contribution is 2.25. The van der Waals surface area contributed by atoms with Crippen molar-refractivity contribution in [2.75, 3.05) is 26.3 Å². The second-order valence-electron chi connectivity index (χ2n) is 9.63. The molecule has 1 aliphatic heterocycles. The number of carbonyl (C=O) groups excluding carboxylic acids is 2. The zero-order valence-electron chi connectivity index (χ0n) is 22.2. The number of hydrazine groups is 1. The highest BCUT2D eigenvalue weighted by atomic mass is 16.5. The molecule has 1 aromatic heterocycles. The van der Waals surface area contributed by atoms with Crippen LogP contribution in [0.5, 0.6) is 0 Å². The third-order valence-corrected chi connectivity index (χ3v) is 6.75. The Hall–Kier alpha value is -4.01. The number of hydrogen-bond acceptors (Lipinski definition) is 5. The molecule has 0 aliphatic carbocycles. The van der Waals surface area contributed by atoms with Gasteiger partial charge in [0.15, 0.2) is 0 Å². The van der Waals surface area contributed by atoms with Crippen molar-refractivity contribution in [2.45, 2.75) is 33.9 Å². The molecule has 0 radical (unpaired) electrons. The van der Waals surface area contributed by atoms with Gasteiger partial charge in [-0.1, -0.05) is 43.0 Å². The van der Waals surface area contributed by atoms with E-state index in [0.717, 1.165) is 66.9 Å². The predicted molar refractivity (Wildman–Crippen MR) is 147 cm³/mol. The number of carbonyl (C=O) groups is 2. The van der Waals surface area contributed by atoms with Crippen LogP contribution in [-0.2, 0) is 22.6 Å². The van der Waals surface area contributed by atoms with Crippen LogP contribution < -0.4 is 11.0 Å². The van der Waals surface area contributed by atoms with Crippen LogP contribution in [0.2, 0.25) is 0 Å². The fourth-order valence-corrected chi connectivity index (χ4v) is 4.57. The molecule has 8 heteroatoms. The standard InChI is InChI=1S/C30H34N4O4/c1-5-28(35)32-34(19-27-21(3)16-22(4)31-29(27)36)30(37)26-17-25(9-6-20(26)2)24-10-7-23(8-11-24)18-33-12-14-38-15-13-33/h5-11,16-17H,1,12-15,18-19H2,2-4H3,(H,31,36)(H,32,35). The van der Waals surface area contributed by atoms with Gasteiger partial charge in [-0.25, -0.2) is 5.01 Å². The number of aromatic nitrogens is 1. The fourth-order valence-electron chi connectivity index (χ4n) is 4.57. The number of aryl methyl sites for hydroxylation is 3. The zero-order chi connectivity index (χ0) is 27.2. The number of benzene rings is 2. The van der Waals surface area contributed by atoms with E-state index in [2.05, 4.69) is 46.2 Å². The van der Waals surface area contributed by atoms with Crippen LogP contribution in [0.15, 0.2) is 66.0 Å². The van der Waals surface area contributed by atoms with Gasteiger partial charge in [0.05, 0.1) is 19.8 Å². The number of rotatable bonds is 7. The van der Waals surface area contributed by atoms with Crippen LogP contribution in [0.3, 0.4) is 0 Å². The molecule has 1 fully saturated rings. The summed E-state index contributed by atoms with van der Waals surface area (Å²) in [6, 6.07) is 15.9. The van der Waals surface area contributed by atoms with Crippen molar-refractivity contribution in [1.82, 2.24) is 20.3 Å². The molecule has 0 bridgehead atoms. The quantitative estimate of drug-likeness (QED) is 0.371. The van der Waals surface area contributed by atoms with Crippen LogP contribution >= 0.6 is 0 Å². The number of aromatic amines is 1. The van der Waals surface area contributed by atoms with Crippen LogP contribution in [0, 0.1) is 20.8 Å². The molecular weight excluding hydrogens is 480 g/mol. The lowest BCUT2D eigenvalue weighted by molar-refractivity contribution is -0.120. The fraction of sp³-hybridized carbons (Fsp3) is 0.300. The Morgan fingerprint density at radius 3 is 2.37 bits per heavy atom. The molecular formula is C30H34N4O4. The Bertz CT molecular complexity index is 1390. The topological polar surface area (TPSA) is 94.7 Å². The van der Waals surface area contributed by atoms with Crippen molar-refractivity contribution in [2.24, 2.45) is 0 Å². The van der Waals surface area contributed by atoms with Gasteiger partial charge in [0, 0.05) is 36.5 Å². The van der Waals surface area contributed by atoms with Crippen molar-refractivity contribution in [3.8, 4) is 11.1 Å². The summed E-state index contributed by atoms with van der Waals surface area (Å²) in [4.78, 5) is 43.7. The summed E-state index contributed by atoms with van der Waals surface area (Å²) in [5.41, 5.74) is 8.42. The van der Waals surface area contributed by atoms with E-state index in [4.69, 9.17) is 4.74 Å². The lowest BCUT2D eigenvalue weighted by atomic mass is 9.98. The summed E-state index contributed by atoms with van der Waals surface area (Å²) in [6.45, 7) is 13.1. The van der Waals surface area contributed by atoms with Crippen molar-refractivity contribution in [1.29, 1.82) is 0 Å². The van der Waals surface area contributed by atoms with Gasteiger partial charge in [-0.3, -0.25) is 24.7 Å². The van der Waals surface area contributed by atoms with Crippen molar-refractivity contribution >= 4 is 11.8 Å². The number of amides is 2. The minimum Gasteiger partial charge on any atom is -0.379 e. The number of nitrogens with zero attached hydrogens (tertiary/aromatic N) is 2. The lowest BCUT2D eigenvalue weighted by Crippen LogP contribution is -2.46. The van der Waals surface area contributed by atoms with Crippen LogP contribution in [0.1, 0.15) is 38.3 Å². The molecule has 3 aromatic rings. The molecule has 2 amide bonds. The molecule has 0 unspecified atom stereocenters. The van der Waals surface area contributed by atoms with E-state index in [1.165, 1.54) is 10.6 Å². The maximum Gasteiger partial charge on any atom is 0.272 e. The van der Waals surface area contributed by atoms with Gasteiger partial charge in [-0.2, -0.15) is 0 Å². The number of morpholine rings is 1. The highest BCUT2D eigenvalue weighted by Gasteiger charge is 2.22. The molecule has 1 aliphatic rings. The highest BCUT2D eigenvalue weighted by molar-refractivity contribution is 5.98. The van der Waals surface area contributed by atoms with Crippen molar-refractivity contribution < 1.29 is 14.3 Å². The van der Waals surface area contributed by atoms with E-state index >= 15 is 0 Å². The first kappa shape index (κ1) is 27.0. The summed E-state index contributed by atoms with van der Waals surface area (Å²) in [6.07, 6.45) is 1.09. The monoisotopic (exact) mass is 514 g/mol. The first-order chi connectivity index (χ1) is 18.2. The summed E-state index contributed by atoms with van der Waals surface area (Å²) in [5.74, 6) is -0.952. The van der Waals surface area contributed by atoms with Gasteiger partial charge in [0.25, 0.3) is 17.4 Å². The largest absolute Gasteiger partial charge is 0.379 e. The van der Waals surface area contributed by atoms with Crippen LogP contribution in [0.4, 0.5) is 0 Å². The van der Waals surface area contributed by atoms with Crippen molar-refractivity contribution in [3.05, 3.63) is 105 Å². The van der Waals surface area contributed by atoms with E-state index in [1.807, 2.05) is 38.1 Å². The minimum atomic E-state index is -0.538. The molecule has 0 atom stereocenters. The van der Waals surface area contributed by atoms with Gasteiger partial charge < -0.3 is 9.72 Å². The molecule has 2 N–H and O–H groups in total. The van der Waals surface area contributed by atoms with Crippen molar-refractivity contribution in [3.63, 3.8) is 0 Å². The Morgan fingerprint density at radius 1 is 1.03 bits per heavy atom. The van der Waals surface area contributed by atoms with Gasteiger partial charge in [-0.05, 0) is 66.8 Å². The number of H-pyrrole nitrogens is 1. The van der Waals surface area contributed by atoms with Crippen LogP contribution in [0.25, 0.3) is 11.1 Å². The molecule has 8 nitrogen and oxygen atoms in total. The molecule has 0 saturated carbocycles. The summed E-state index contributed by atoms with van der Waals surface area (Å²) < 4.78 is 5.43. The lowest BCUT2D eigenvalue weighted by Gasteiger charge is -2.26. The molecule has 38 heavy (non-hydrogen) atoms. The summed E-state index contributed by atoms with van der Waals surface area (Å²) >= 11 is 0. The second-order valence-corrected chi connectivity index (χ2v) is 9.63. The van der Waals surface area contributed by atoms with E-state index < -0.39 is 11.8 Å². The van der Waals surface area contributed by atoms with Gasteiger partial charge in [0.2, 0.25) is 0 Å². The number of nitrogens with one attached hydrogen (secondary N) is 2. The first-order valence-electron chi connectivity index (χ1n) is 12.7. The Morgan fingerprint density at radius 2 is 1.71 bits per heavy atom. The van der Waals surface area contributed by atoms with Crippen LogP contribution in [-0.4, -0.2) is 53.0 Å². The Kier molecular flexibility index (Phi) is 8.55. The maximum atomic E-state index is 13.7. The molecule has 2 aromatic carbocycles. The molecule has 1 saturated heterocycles. The normalized spacial score (nSPS) is 13.7. The van der Waals surface area contributed by atoms with Gasteiger partial charge in [0.1, 0.15) is 0 Å². The first-order valence-corrected chi connectivity index (χ1v) is 12.7. The molecule has 0 spiro atoms. The average Bonchev–Trinajstić information content (AvgIpc) is 2.91. The summed E-state index contributed by atoms with van der Waals surface area (Å²) in [7, 11) is 0. The molecule has 4 rings (SSSR count). The Labute approximate surface area is 222 Å². The second kappa shape index (κ2) is 12.0. The molecule has 2 heterocycles. The number of hydrogen-bond donors (Lipinski definition) is 2. The Balaban J connectivity index is 1.60. The number of pyridine rings is 1. The third-order valence-electron chi connectivity index (χ3n) is 6.75. The van der Waals surface area contributed by atoms with E-state index in [1.54, 1.807) is 6.92 Å². The smallest absolute Gasteiger partial charge is 0.272 e. The summed E-state index contributed by atoms with van der Waals surface area (Å²) in [5, 5.41) is 1.18. The SMILES string of the molecule is C=CC(=O)NN(Cc1c(C)cc(C)[nH]c1=O)C(=O)c1cc(-c2ccc(CN3CCOCC3)cc2)ccc1C. The van der Waals surface area contributed by atoms with Gasteiger partial charge >= 0.3 is 0 Å². The minimum absolute atomic E-state index is 0.0836. The third kappa shape index (κ3) is 6.45. The van der Waals surface area contributed by atoms with Gasteiger partial charge in [-0.15, -0.1) is 0 Å². The number of ether oxygens (including phenoxy) is 1. The van der Waals surface area contributed by atoms with E-state index in [9.17, 15) is 14.4 Å².